The first kappa shape index (κ1) is 10.3. The molecule has 0 aliphatic heterocycles. The fourth-order valence-corrected chi connectivity index (χ4v) is 1.71. The molecule has 0 bridgehead atoms. The van der Waals surface area contributed by atoms with Gasteiger partial charge < -0.3 is 15.2 Å². The van der Waals surface area contributed by atoms with Gasteiger partial charge in [-0.05, 0) is 12.8 Å². The van der Waals surface area contributed by atoms with Gasteiger partial charge >= 0.3 is 6.09 Å². The predicted octanol–water partition coefficient (Wildman–Crippen LogP) is 0.893. The largest absolute Gasteiger partial charge is 0.453 e. The fraction of sp³-hybridized carbons (Fsp3) is 0.889. The van der Waals surface area contributed by atoms with Crippen molar-refractivity contribution in [3.05, 3.63) is 0 Å². The first-order chi connectivity index (χ1) is 6.24. The molecule has 1 amide bonds. The third kappa shape index (κ3) is 3.22. The van der Waals surface area contributed by atoms with E-state index >= 15 is 0 Å². The van der Waals surface area contributed by atoms with Crippen molar-refractivity contribution in [2.75, 3.05) is 13.7 Å². The lowest BCUT2D eigenvalue weighted by Crippen LogP contribution is -2.36. The molecule has 1 saturated carbocycles. The molecule has 1 aliphatic rings. The van der Waals surface area contributed by atoms with Crippen molar-refractivity contribution in [2.45, 2.75) is 31.8 Å². The number of carbonyl (C=O) groups is 1. The van der Waals surface area contributed by atoms with Crippen LogP contribution >= 0.6 is 0 Å². The van der Waals surface area contributed by atoms with Gasteiger partial charge in [0.05, 0.1) is 13.2 Å². The first-order valence-electron chi connectivity index (χ1n) is 4.74. The summed E-state index contributed by atoms with van der Waals surface area (Å²) in [7, 11) is 1.34. The number of aliphatic hydroxyl groups is 1. The highest BCUT2D eigenvalue weighted by atomic mass is 16.5. The molecule has 2 unspecified atom stereocenters. The van der Waals surface area contributed by atoms with Crippen molar-refractivity contribution in [3.63, 3.8) is 0 Å². The van der Waals surface area contributed by atoms with E-state index in [9.17, 15) is 9.90 Å². The van der Waals surface area contributed by atoms with Gasteiger partial charge in [-0.25, -0.2) is 4.79 Å². The lowest BCUT2D eigenvalue weighted by Gasteiger charge is -2.27. The van der Waals surface area contributed by atoms with Gasteiger partial charge in [-0.2, -0.15) is 0 Å². The Hall–Kier alpha value is -0.770. The molecule has 2 N–H and O–H groups in total. The topological polar surface area (TPSA) is 58.6 Å². The lowest BCUT2D eigenvalue weighted by atomic mass is 9.86. The maximum Gasteiger partial charge on any atom is 0.406 e. The molecule has 0 radical (unpaired) electrons. The second-order valence-corrected chi connectivity index (χ2v) is 3.48. The second-order valence-electron chi connectivity index (χ2n) is 3.48. The minimum Gasteiger partial charge on any atom is -0.453 e. The summed E-state index contributed by atoms with van der Waals surface area (Å²) in [5.74, 6) is 0.202. The summed E-state index contributed by atoms with van der Waals surface area (Å²) in [6, 6.07) is 0. The van der Waals surface area contributed by atoms with Crippen LogP contribution in [0, 0.1) is 5.92 Å². The van der Waals surface area contributed by atoms with E-state index in [4.69, 9.17) is 0 Å². The monoisotopic (exact) mass is 187 g/mol. The van der Waals surface area contributed by atoms with E-state index in [0.29, 0.717) is 6.54 Å². The Balaban J connectivity index is 2.22. The van der Waals surface area contributed by atoms with Crippen LogP contribution in [-0.4, -0.2) is 31.0 Å². The Kier molecular flexibility index (Phi) is 4.02. The number of nitrogens with one attached hydrogen (secondary N) is 1. The number of aliphatic hydroxyl groups excluding tert-OH is 1. The van der Waals surface area contributed by atoms with E-state index in [1.807, 2.05) is 0 Å². The SMILES string of the molecule is COC(=O)NCC1CCCCC1O. The molecular formula is C9H17NO3. The molecule has 2 atom stereocenters. The van der Waals surface area contributed by atoms with Gasteiger partial charge in [-0.1, -0.05) is 12.8 Å². The van der Waals surface area contributed by atoms with Gasteiger partial charge in [0.1, 0.15) is 0 Å². The summed E-state index contributed by atoms with van der Waals surface area (Å²) in [5, 5.41) is 12.2. The predicted molar refractivity (Wildman–Crippen MR) is 48.4 cm³/mol. The number of hydrogen-bond acceptors (Lipinski definition) is 3. The molecule has 0 spiro atoms. The number of rotatable bonds is 2. The summed E-state index contributed by atoms with van der Waals surface area (Å²) in [6.07, 6.45) is 3.41. The van der Waals surface area contributed by atoms with E-state index in [-0.39, 0.29) is 12.0 Å². The van der Waals surface area contributed by atoms with Crippen molar-refractivity contribution in [3.8, 4) is 0 Å². The molecule has 0 aromatic heterocycles. The molecule has 1 rings (SSSR count). The average Bonchev–Trinajstić information content (AvgIpc) is 2.16. The lowest BCUT2D eigenvalue weighted by molar-refractivity contribution is 0.0688. The maximum absolute atomic E-state index is 10.7. The van der Waals surface area contributed by atoms with Gasteiger partial charge in [0, 0.05) is 12.5 Å². The summed E-state index contributed by atoms with van der Waals surface area (Å²) >= 11 is 0. The van der Waals surface area contributed by atoms with Crippen molar-refractivity contribution in [1.82, 2.24) is 5.32 Å². The van der Waals surface area contributed by atoms with Crippen LogP contribution in [0.4, 0.5) is 4.79 Å². The van der Waals surface area contributed by atoms with Gasteiger partial charge in [0.15, 0.2) is 0 Å². The molecule has 4 heteroatoms. The van der Waals surface area contributed by atoms with Crippen LogP contribution < -0.4 is 5.32 Å². The van der Waals surface area contributed by atoms with Crippen molar-refractivity contribution >= 4 is 6.09 Å². The summed E-state index contributed by atoms with van der Waals surface area (Å²) < 4.78 is 4.44. The molecule has 0 aromatic carbocycles. The minimum atomic E-state index is -0.419. The maximum atomic E-state index is 10.7. The van der Waals surface area contributed by atoms with E-state index in [1.165, 1.54) is 7.11 Å². The molecule has 4 nitrogen and oxygen atoms in total. The van der Waals surface area contributed by atoms with Crippen LogP contribution in [0.2, 0.25) is 0 Å². The number of amides is 1. The number of hydrogen-bond donors (Lipinski definition) is 2. The van der Waals surface area contributed by atoms with Crippen LogP contribution in [0.25, 0.3) is 0 Å². The Bertz CT molecular complexity index is 172. The van der Waals surface area contributed by atoms with Crippen molar-refractivity contribution in [2.24, 2.45) is 5.92 Å². The number of carbonyl (C=O) groups excluding carboxylic acids is 1. The molecule has 0 heterocycles. The van der Waals surface area contributed by atoms with Crippen LogP contribution in [-0.2, 0) is 4.74 Å². The highest BCUT2D eigenvalue weighted by molar-refractivity contribution is 5.66. The van der Waals surface area contributed by atoms with Crippen LogP contribution in [0.1, 0.15) is 25.7 Å². The fourth-order valence-electron chi connectivity index (χ4n) is 1.71. The third-order valence-electron chi connectivity index (χ3n) is 2.56. The average molecular weight is 187 g/mol. The van der Waals surface area contributed by atoms with Gasteiger partial charge in [-0.3, -0.25) is 0 Å². The van der Waals surface area contributed by atoms with Crippen LogP contribution in [0.5, 0.6) is 0 Å². The Morgan fingerprint density at radius 2 is 2.23 bits per heavy atom. The molecular weight excluding hydrogens is 170 g/mol. The zero-order valence-corrected chi connectivity index (χ0v) is 7.95. The van der Waals surface area contributed by atoms with E-state index < -0.39 is 6.09 Å². The summed E-state index contributed by atoms with van der Waals surface area (Å²) in [4.78, 5) is 10.7. The van der Waals surface area contributed by atoms with E-state index in [2.05, 4.69) is 10.1 Å². The zero-order chi connectivity index (χ0) is 9.68. The number of alkyl carbamates (subject to hydrolysis) is 1. The quantitative estimate of drug-likeness (QED) is 0.675. The van der Waals surface area contributed by atoms with Gasteiger partial charge in [0.25, 0.3) is 0 Å². The highest BCUT2D eigenvalue weighted by Crippen LogP contribution is 2.23. The number of methoxy groups -OCH3 is 1. The summed E-state index contributed by atoms with van der Waals surface area (Å²) in [5.41, 5.74) is 0. The molecule has 0 saturated heterocycles. The Morgan fingerprint density at radius 3 is 2.85 bits per heavy atom. The van der Waals surface area contributed by atoms with Gasteiger partial charge in [-0.15, -0.1) is 0 Å². The normalized spacial score (nSPS) is 28.2. The molecule has 13 heavy (non-hydrogen) atoms. The zero-order valence-electron chi connectivity index (χ0n) is 7.95. The van der Waals surface area contributed by atoms with Crippen molar-refractivity contribution in [1.29, 1.82) is 0 Å². The van der Waals surface area contributed by atoms with Crippen LogP contribution in [0.3, 0.4) is 0 Å². The second kappa shape index (κ2) is 5.07. The number of ether oxygens (including phenoxy) is 1. The van der Waals surface area contributed by atoms with Crippen LogP contribution in [0.15, 0.2) is 0 Å². The van der Waals surface area contributed by atoms with Gasteiger partial charge in [0.2, 0.25) is 0 Å². The van der Waals surface area contributed by atoms with E-state index in [1.54, 1.807) is 0 Å². The third-order valence-corrected chi connectivity index (χ3v) is 2.56. The first-order valence-corrected chi connectivity index (χ1v) is 4.74. The molecule has 0 aromatic rings. The minimum absolute atomic E-state index is 0.202. The molecule has 76 valence electrons. The highest BCUT2D eigenvalue weighted by Gasteiger charge is 2.23. The molecule has 1 aliphatic carbocycles. The Morgan fingerprint density at radius 1 is 1.54 bits per heavy atom. The Labute approximate surface area is 78.3 Å². The standard InChI is InChI=1S/C9H17NO3/c1-13-9(12)10-6-7-4-2-3-5-8(7)11/h7-8,11H,2-6H2,1H3,(H,10,12). The summed E-state index contributed by atoms with van der Waals surface area (Å²) in [6.45, 7) is 0.522. The van der Waals surface area contributed by atoms with Crippen molar-refractivity contribution < 1.29 is 14.6 Å². The molecule has 1 fully saturated rings. The smallest absolute Gasteiger partial charge is 0.406 e. The van der Waals surface area contributed by atoms with E-state index in [0.717, 1.165) is 25.7 Å².